The molecule has 3 aliphatic rings. The van der Waals surface area contributed by atoms with Crippen LogP contribution in [-0.4, -0.2) is 54.8 Å². The van der Waals surface area contributed by atoms with Gasteiger partial charge in [-0.2, -0.15) is 0 Å². The molecule has 1 aromatic rings. The normalized spacial score (nSPS) is 28.8. The van der Waals surface area contributed by atoms with Gasteiger partial charge in [-0.15, -0.1) is 0 Å². The summed E-state index contributed by atoms with van der Waals surface area (Å²) < 4.78 is 6.04. The van der Waals surface area contributed by atoms with Crippen molar-refractivity contribution in [3.63, 3.8) is 0 Å². The summed E-state index contributed by atoms with van der Waals surface area (Å²) in [4.78, 5) is 9.67. The maximum atomic E-state index is 6.05. The molecular formula is C19H30N4O. The largest absolute Gasteiger partial charge is 0.489 e. The molecule has 24 heavy (non-hydrogen) atoms. The Morgan fingerprint density at radius 3 is 2.50 bits per heavy atom. The predicted molar refractivity (Wildman–Crippen MR) is 96.5 cm³/mol. The van der Waals surface area contributed by atoms with Crippen molar-refractivity contribution in [3.05, 3.63) is 18.3 Å². The van der Waals surface area contributed by atoms with E-state index in [4.69, 9.17) is 10.5 Å². The lowest BCUT2D eigenvalue weighted by atomic mass is 9.90. The summed E-state index contributed by atoms with van der Waals surface area (Å²) in [5.41, 5.74) is 6.05. The summed E-state index contributed by atoms with van der Waals surface area (Å²) in [7, 11) is 0. The van der Waals surface area contributed by atoms with Crippen LogP contribution in [0.15, 0.2) is 18.3 Å². The van der Waals surface area contributed by atoms with Gasteiger partial charge in [-0.1, -0.05) is 0 Å². The summed E-state index contributed by atoms with van der Waals surface area (Å²) in [5.74, 6) is 2.76. The number of piperazine rings is 1. The number of hydrogen-bond donors (Lipinski definition) is 1. The third-order valence-corrected chi connectivity index (χ3v) is 5.79. The average Bonchev–Trinajstić information content (AvgIpc) is 3.46. The van der Waals surface area contributed by atoms with Crippen molar-refractivity contribution < 1.29 is 4.74 Å². The van der Waals surface area contributed by atoms with Gasteiger partial charge in [0.1, 0.15) is 0 Å². The smallest absolute Gasteiger partial charge is 0.171 e. The van der Waals surface area contributed by atoms with Gasteiger partial charge < -0.3 is 15.4 Å². The molecule has 5 nitrogen and oxygen atoms in total. The van der Waals surface area contributed by atoms with Crippen molar-refractivity contribution in [2.24, 2.45) is 11.7 Å². The van der Waals surface area contributed by atoms with Gasteiger partial charge in [0.2, 0.25) is 0 Å². The standard InChI is InChI=1S/C19H30N4O/c20-16-5-7-17(8-6-16)22-10-12-23(13-11-22)19-18(2-1-9-21-19)24-14-15-3-4-15/h1-2,9,15-17H,3-8,10-14,20H2. The summed E-state index contributed by atoms with van der Waals surface area (Å²) in [5, 5.41) is 0. The number of pyridine rings is 1. The minimum Gasteiger partial charge on any atom is -0.489 e. The maximum absolute atomic E-state index is 6.05. The van der Waals surface area contributed by atoms with Gasteiger partial charge in [0.05, 0.1) is 6.61 Å². The van der Waals surface area contributed by atoms with E-state index in [0.29, 0.717) is 6.04 Å². The minimum absolute atomic E-state index is 0.433. The van der Waals surface area contributed by atoms with E-state index in [1.807, 2.05) is 12.3 Å². The van der Waals surface area contributed by atoms with Gasteiger partial charge in [0, 0.05) is 44.5 Å². The van der Waals surface area contributed by atoms with Crippen LogP contribution in [0.3, 0.4) is 0 Å². The molecule has 4 rings (SSSR count). The molecule has 1 saturated heterocycles. The van der Waals surface area contributed by atoms with E-state index in [1.54, 1.807) is 0 Å². The zero-order valence-electron chi connectivity index (χ0n) is 14.6. The first-order chi connectivity index (χ1) is 11.8. The Kier molecular flexibility index (Phi) is 4.90. The van der Waals surface area contributed by atoms with E-state index < -0.39 is 0 Å². The van der Waals surface area contributed by atoms with Crippen molar-refractivity contribution in [1.29, 1.82) is 0 Å². The van der Waals surface area contributed by atoms with Gasteiger partial charge in [-0.3, -0.25) is 4.90 Å². The molecule has 2 N–H and O–H groups in total. The summed E-state index contributed by atoms with van der Waals surface area (Å²) in [6.45, 7) is 5.18. The van der Waals surface area contributed by atoms with Gasteiger partial charge in [-0.25, -0.2) is 4.98 Å². The molecule has 0 bridgehead atoms. The lowest BCUT2D eigenvalue weighted by molar-refractivity contribution is 0.141. The van der Waals surface area contributed by atoms with Crippen LogP contribution in [0.2, 0.25) is 0 Å². The van der Waals surface area contributed by atoms with Crippen LogP contribution in [0, 0.1) is 5.92 Å². The Morgan fingerprint density at radius 1 is 1.04 bits per heavy atom. The minimum atomic E-state index is 0.433. The van der Waals surface area contributed by atoms with Crippen LogP contribution < -0.4 is 15.4 Å². The average molecular weight is 330 g/mol. The van der Waals surface area contributed by atoms with E-state index in [9.17, 15) is 0 Å². The van der Waals surface area contributed by atoms with Gasteiger partial charge in [0.25, 0.3) is 0 Å². The highest BCUT2D eigenvalue weighted by atomic mass is 16.5. The highest BCUT2D eigenvalue weighted by molar-refractivity contribution is 5.52. The summed E-state index contributed by atoms with van der Waals surface area (Å²) in [6, 6.07) is 5.22. The van der Waals surface area contributed by atoms with E-state index in [-0.39, 0.29) is 0 Å². The van der Waals surface area contributed by atoms with Gasteiger partial charge in [-0.05, 0) is 56.6 Å². The topological polar surface area (TPSA) is 54.6 Å². The first-order valence-corrected chi connectivity index (χ1v) is 9.62. The Balaban J connectivity index is 1.33. The highest BCUT2D eigenvalue weighted by Crippen LogP contribution is 2.32. The molecule has 5 heteroatoms. The molecule has 0 atom stereocenters. The molecule has 1 aromatic heterocycles. The first kappa shape index (κ1) is 16.2. The zero-order chi connectivity index (χ0) is 16.4. The summed E-state index contributed by atoms with van der Waals surface area (Å²) in [6.07, 6.45) is 9.42. The Bertz CT molecular complexity index is 532. The van der Waals surface area contributed by atoms with Gasteiger partial charge >= 0.3 is 0 Å². The molecular weight excluding hydrogens is 300 g/mol. The van der Waals surface area contributed by atoms with Crippen LogP contribution in [0.1, 0.15) is 38.5 Å². The zero-order valence-corrected chi connectivity index (χ0v) is 14.6. The molecule has 0 spiro atoms. The highest BCUT2D eigenvalue weighted by Gasteiger charge is 2.29. The van der Waals surface area contributed by atoms with E-state index in [2.05, 4.69) is 20.9 Å². The molecule has 0 amide bonds. The monoisotopic (exact) mass is 330 g/mol. The third kappa shape index (κ3) is 3.83. The Hall–Kier alpha value is -1.33. The number of nitrogens with two attached hydrogens (primary N) is 1. The van der Waals surface area contributed by atoms with Crippen LogP contribution in [0.5, 0.6) is 5.75 Å². The first-order valence-electron chi connectivity index (χ1n) is 9.62. The Morgan fingerprint density at radius 2 is 1.79 bits per heavy atom. The quantitative estimate of drug-likeness (QED) is 0.897. The fraction of sp³-hybridized carbons (Fsp3) is 0.737. The molecule has 2 heterocycles. The van der Waals surface area contributed by atoms with Crippen molar-refractivity contribution in [3.8, 4) is 5.75 Å². The van der Waals surface area contributed by atoms with Crippen molar-refractivity contribution >= 4 is 5.82 Å². The van der Waals surface area contributed by atoms with Crippen molar-refractivity contribution in [2.75, 3.05) is 37.7 Å². The predicted octanol–water partition coefficient (Wildman–Crippen LogP) is 2.26. The lowest BCUT2D eigenvalue weighted by Gasteiger charge is -2.42. The van der Waals surface area contributed by atoms with Crippen LogP contribution >= 0.6 is 0 Å². The second kappa shape index (κ2) is 7.28. The molecule has 2 saturated carbocycles. The number of anilines is 1. The van der Waals surface area contributed by atoms with Crippen LogP contribution in [-0.2, 0) is 0 Å². The summed E-state index contributed by atoms with van der Waals surface area (Å²) >= 11 is 0. The number of rotatable bonds is 5. The second-order valence-corrected chi connectivity index (χ2v) is 7.67. The maximum Gasteiger partial charge on any atom is 0.171 e. The number of nitrogens with zero attached hydrogens (tertiary/aromatic N) is 3. The number of hydrogen-bond acceptors (Lipinski definition) is 5. The van der Waals surface area contributed by atoms with Crippen molar-refractivity contribution in [1.82, 2.24) is 9.88 Å². The van der Waals surface area contributed by atoms with E-state index >= 15 is 0 Å². The molecule has 3 fully saturated rings. The lowest BCUT2D eigenvalue weighted by Crippen LogP contribution is -2.52. The molecule has 0 unspecified atom stereocenters. The van der Waals surface area contributed by atoms with Crippen LogP contribution in [0.25, 0.3) is 0 Å². The van der Waals surface area contributed by atoms with E-state index in [1.165, 1.54) is 38.5 Å². The Labute approximate surface area is 145 Å². The van der Waals surface area contributed by atoms with E-state index in [0.717, 1.165) is 56.3 Å². The van der Waals surface area contributed by atoms with Crippen LogP contribution in [0.4, 0.5) is 5.82 Å². The number of ether oxygens (including phenoxy) is 1. The van der Waals surface area contributed by atoms with Gasteiger partial charge in [0.15, 0.2) is 11.6 Å². The molecule has 2 aliphatic carbocycles. The fourth-order valence-corrected chi connectivity index (χ4v) is 3.99. The SMILES string of the molecule is NC1CCC(N2CCN(c3ncccc3OCC3CC3)CC2)CC1. The molecule has 1 aliphatic heterocycles. The van der Waals surface area contributed by atoms with Crippen molar-refractivity contribution in [2.45, 2.75) is 50.6 Å². The number of aromatic nitrogens is 1. The fourth-order valence-electron chi connectivity index (χ4n) is 3.99. The molecule has 132 valence electrons. The molecule has 0 radical (unpaired) electrons. The third-order valence-electron chi connectivity index (χ3n) is 5.79. The molecule has 0 aromatic carbocycles. The second-order valence-electron chi connectivity index (χ2n) is 7.67.